The molecule has 2 N–H and O–H groups in total. The lowest BCUT2D eigenvalue weighted by Crippen LogP contribution is -2.46. The largest absolute Gasteiger partial charge is 0.354 e. The molecule has 3 rings (SSSR count). The van der Waals surface area contributed by atoms with Crippen molar-refractivity contribution in [2.24, 2.45) is 11.8 Å². The van der Waals surface area contributed by atoms with Crippen LogP contribution in [0.4, 0.5) is 0 Å². The first-order valence-electron chi connectivity index (χ1n) is 9.93. The van der Waals surface area contributed by atoms with Crippen molar-refractivity contribution < 1.29 is 4.79 Å². The van der Waals surface area contributed by atoms with Crippen molar-refractivity contribution in [3.8, 4) is 0 Å². The van der Waals surface area contributed by atoms with Gasteiger partial charge in [-0.15, -0.1) is 12.4 Å². The number of benzene rings is 1. The highest BCUT2D eigenvalue weighted by molar-refractivity contribution is 5.85. The van der Waals surface area contributed by atoms with Gasteiger partial charge in [0.25, 0.3) is 0 Å². The molecule has 1 aromatic rings. The molecule has 2 fully saturated rings. The number of hydrogen-bond acceptors (Lipinski definition) is 3. The van der Waals surface area contributed by atoms with E-state index in [-0.39, 0.29) is 30.3 Å². The van der Waals surface area contributed by atoms with E-state index in [1.165, 1.54) is 18.4 Å². The number of amides is 1. The molecule has 2 heterocycles. The number of piperidine rings is 2. The Kier molecular flexibility index (Phi) is 8.39. The number of likely N-dealkylation sites (tertiary alicyclic amines) is 1. The van der Waals surface area contributed by atoms with E-state index in [9.17, 15) is 4.79 Å². The van der Waals surface area contributed by atoms with E-state index in [0.717, 1.165) is 44.9 Å². The fourth-order valence-electron chi connectivity index (χ4n) is 4.18. The Balaban J connectivity index is 0.00000243. The van der Waals surface area contributed by atoms with Gasteiger partial charge in [0.05, 0.1) is 6.04 Å². The molecule has 2 saturated heterocycles. The summed E-state index contributed by atoms with van der Waals surface area (Å²) >= 11 is 0. The second-order valence-electron chi connectivity index (χ2n) is 7.97. The van der Waals surface area contributed by atoms with Gasteiger partial charge in [-0.1, -0.05) is 37.3 Å². The summed E-state index contributed by atoms with van der Waals surface area (Å²) in [5, 5.41) is 6.70. The first kappa shape index (κ1) is 21.2. The van der Waals surface area contributed by atoms with Crippen LogP contribution in [-0.2, 0) is 4.79 Å². The standard InChI is InChI=1S/C21H33N3O.ClH/c1-16-9-12-24(13-10-16)20(18-6-4-3-5-7-18)15-23-21(25)19-8-11-22-17(2)14-19;/h3-7,16-17,19-20,22H,8-15H2,1-2H3,(H,23,25);1H/t17-,19-,20?;/m0./s1. The number of nitrogens with zero attached hydrogens (tertiary/aromatic N) is 1. The first-order valence-corrected chi connectivity index (χ1v) is 9.93. The predicted octanol–water partition coefficient (Wildman–Crippen LogP) is 3.39. The topological polar surface area (TPSA) is 44.4 Å². The van der Waals surface area contributed by atoms with Crippen LogP contribution in [0.5, 0.6) is 0 Å². The van der Waals surface area contributed by atoms with Crippen LogP contribution >= 0.6 is 12.4 Å². The molecule has 26 heavy (non-hydrogen) atoms. The highest BCUT2D eigenvalue weighted by Gasteiger charge is 2.28. The van der Waals surface area contributed by atoms with Crippen molar-refractivity contribution in [1.82, 2.24) is 15.5 Å². The minimum absolute atomic E-state index is 0. The zero-order valence-corrected chi connectivity index (χ0v) is 16.9. The SMILES string of the molecule is CC1CCN(C(CNC(=O)[C@H]2CCN[C@@H](C)C2)c2ccccc2)CC1.Cl. The molecular weight excluding hydrogens is 346 g/mol. The van der Waals surface area contributed by atoms with Crippen molar-refractivity contribution in [3.05, 3.63) is 35.9 Å². The number of carbonyl (C=O) groups is 1. The van der Waals surface area contributed by atoms with Crippen molar-refractivity contribution in [1.29, 1.82) is 0 Å². The van der Waals surface area contributed by atoms with E-state index in [2.05, 4.69) is 59.7 Å². The van der Waals surface area contributed by atoms with Crippen LogP contribution in [0.3, 0.4) is 0 Å². The molecule has 0 bridgehead atoms. The Bertz CT molecular complexity index is 545. The minimum Gasteiger partial charge on any atom is -0.354 e. The van der Waals surface area contributed by atoms with E-state index in [1.54, 1.807) is 0 Å². The molecule has 2 aliphatic rings. The maximum atomic E-state index is 12.7. The Morgan fingerprint density at radius 1 is 1.19 bits per heavy atom. The molecule has 0 saturated carbocycles. The lowest BCUT2D eigenvalue weighted by molar-refractivity contribution is -0.126. The third-order valence-corrected chi connectivity index (χ3v) is 5.91. The summed E-state index contributed by atoms with van der Waals surface area (Å²) in [6.45, 7) is 8.43. The zero-order valence-electron chi connectivity index (χ0n) is 16.1. The van der Waals surface area contributed by atoms with Crippen LogP contribution in [-0.4, -0.2) is 43.0 Å². The van der Waals surface area contributed by atoms with Crippen LogP contribution in [0.1, 0.15) is 51.1 Å². The van der Waals surface area contributed by atoms with Crippen LogP contribution in [0, 0.1) is 11.8 Å². The van der Waals surface area contributed by atoms with Crippen molar-refractivity contribution in [3.63, 3.8) is 0 Å². The van der Waals surface area contributed by atoms with E-state index >= 15 is 0 Å². The summed E-state index contributed by atoms with van der Waals surface area (Å²) in [6, 6.07) is 11.4. The summed E-state index contributed by atoms with van der Waals surface area (Å²) < 4.78 is 0. The molecular formula is C21H34ClN3O. The zero-order chi connectivity index (χ0) is 17.6. The predicted molar refractivity (Wildman–Crippen MR) is 110 cm³/mol. The average molecular weight is 380 g/mol. The number of rotatable bonds is 5. The average Bonchev–Trinajstić information content (AvgIpc) is 2.64. The molecule has 2 aliphatic heterocycles. The number of halogens is 1. The fraction of sp³-hybridized carbons (Fsp3) is 0.667. The van der Waals surface area contributed by atoms with Crippen LogP contribution < -0.4 is 10.6 Å². The molecule has 3 atom stereocenters. The van der Waals surface area contributed by atoms with E-state index in [0.29, 0.717) is 6.04 Å². The van der Waals surface area contributed by atoms with E-state index in [1.807, 2.05) is 0 Å². The van der Waals surface area contributed by atoms with E-state index in [4.69, 9.17) is 0 Å². The van der Waals surface area contributed by atoms with Gasteiger partial charge in [0.1, 0.15) is 0 Å². The van der Waals surface area contributed by atoms with Gasteiger partial charge < -0.3 is 10.6 Å². The third-order valence-electron chi connectivity index (χ3n) is 5.91. The summed E-state index contributed by atoms with van der Waals surface area (Å²) in [7, 11) is 0. The van der Waals surface area contributed by atoms with Gasteiger partial charge in [0.2, 0.25) is 5.91 Å². The van der Waals surface area contributed by atoms with Gasteiger partial charge in [-0.05, 0) is 63.7 Å². The molecule has 0 aliphatic carbocycles. The van der Waals surface area contributed by atoms with Crippen molar-refractivity contribution in [2.45, 2.75) is 51.6 Å². The van der Waals surface area contributed by atoms with Crippen LogP contribution in [0.15, 0.2) is 30.3 Å². The molecule has 146 valence electrons. The lowest BCUT2D eigenvalue weighted by Gasteiger charge is -2.37. The molecule has 0 radical (unpaired) electrons. The number of hydrogen-bond donors (Lipinski definition) is 2. The van der Waals surface area contributed by atoms with Gasteiger partial charge in [0.15, 0.2) is 0 Å². The second kappa shape index (κ2) is 10.3. The molecule has 5 heteroatoms. The molecule has 0 aromatic heterocycles. The number of carbonyl (C=O) groups excluding carboxylic acids is 1. The Morgan fingerprint density at radius 3 is 2.54 bits per heavy atom. The highest BCUT2D eigenvalue weighted by Crippen LogP contribution is 2.26. The second-order valence-corrected chi connectivity index (χ2v) is 7.97. The summed E-state index contributed by atoms with van der Waals surface area (Å²) in [4.78, 5) is 15.2. The molecule has 4 nitrogen and oxygen atoms in total. The highest BCUT2D eigenvalue weighted by atomic mass is 35.5. The normalized spacial score (nSPS) is 25.9. The first-order chi connectivity index (χ1) is 12.1. The molecule has 0 spiro atoms. The summed E-state index contributed by atoms with van der Waals surface area (Å²) in [6.07, 6.45) is 4.41. The summed E-state index contributed by atoms with van der Waals surface area (Å²) in [5.41, 5.74) is 1.32. The molecule has 1 amide bonds. The lowest BCUT2D eigenvalue weighted by atomic mass is 9.92. The van der Waals surface area contributed by atoms with E-state index < -0.39 is 0 Å². The molecule has 1 unspecified atom stereocenters. The van der Waals surface area contributed by atoms with Crippen molar-refractivity contribution in [2.75, 3.05) is 26.2 Å². The maximum absolute atomic E-state index is 12.7. The Hall–Kier alpha value is -1.10. The van der Waals surface area contributed by atoms with Gasteiger partial charge in [-0.25, -0.2) is 0 Å². The monoisotopic (exact) mass is 379 g/mol. The molecule has 1 aromatic carbocycles. The van der Waals surface area contributed by atoms with Gasteiger partial charge >= 0.3 is 0 Å². The smallest absolute Gasteiger partial charge is 0.223 e. The summed E-state index contributed by atoms with van der Waals surface area (Å²) in [5.74, 6) is 1.22. The van der Waals surface area contributed by atoms with Gasteiger partial charge in [0, 0.05) is 18.5 Å². The Morgan fingerprint density at radius 2 is 1.88 bits per heavy atom. The van der Waals surface area contributed by atoms with Crippen LogP contribution in [0.25, 0.3) is 0 Å². The quantitative estimate of drug-likeness (QED) is 0.824. The third kappa shape index (κ3) is 5.70. The minimum atomic E-state index is 0. The van der Waals surface area contributed by atoms with Crippen LogP contribution in [0.2, 0.25) is 0 Å². The van der Waals surface area contributed by atoms with Crippen molar-refractivity contribution >= 4 is 18.3 Å². The van der Waals surface area contributed by atoms with Gasteiger partial charge in [-0.2, -0.15) is 0 Å². The maximum Gasteiger partial charge on any atom is 0.223 e. The van der Waals surface area contributed by atoms with Gasteiger partial charge in [-0.3, -0.25) is 9.69 Å². The fourth-order valence-corrected chi connectivity index (χ4v) is 4.18. The number of nitrogens with one attached hydrogen (secondary N) is 2. The Labute approximate surface area is 164 Å².